The molecule has 2 aliphatic rings. The van der Waals surface area contributed by atoms with E-state index in [2.05, 4.69) is 76.9 Å². The summed E-state index contributed by atoms with van der Waals surface area (Å²) in [6.45, 7) is 7.86. The van der Waals surface area contributed by atoms with Crippen molar-refractivity contribution in [2.75, 3.05) is 0 Å². The van der Waals surface area contributed by atoms with Crippen LogP contribution in [-0.4, -0.2) is 19.5 Å². The number of aromatic nitrogens is 4. The molecule has 1 aliphatic carbocycles. The van der Waals surface area contributed by atoms with Gasteiger partial charge in [0, 0.05) is 49.8 Å². The number of para-hydroxylation sites is 1. The number of allylic oxidation sites excluding steroid dienone is 2. The molecule has 0 N–H and O–H groups in total. The van der Waals surface area contributed by atoms with Gasteiger partial charge in [-0.05, 0) is 86.8 Å². The quantitative estimate of drug-likeness (QED) is 0.166. The van der Waals surface area contributed by atoms with E-state index in [-0.39, 0.29) is 37.1 Å². The fourth-order valence-electron chi connectivity index (χ4n) is 7.62. The van der Waals surface area contributed by atoms with Gasteiger partial charge in [-0.1, -0.05) is 74.4 Å². The van der Waals surface area contributed by atoms with Gasteiger partial charge in [0.05, 0.1) is 28.0 Å². The number of furan rings is 1. The average molecular weight is 854 g/mol. The Morgan fingerprint density at radius 3 is 2.57 bits per heavy atom. The molecule has 0 amide bonds. The number of imidazole rings is 1. The minimum absolute atomic E-state index is 0. The second kappa shape index (κ2) is 13.6. The Morgan fingerprint density at radius 2 is 1.80 bits per heavy atom. The van der Waals surface area contributed by atoms with Gasteiger partial charge >= 0.3 is 0 Å². The van der Waals surface area contributed by atoms with E-state index in [1.165, 1.54) is 42.8 Å². The number of aryl methyl sites for hydroxylation is 1. The molecule has 5 heterocycles. The van der Waals surface area contributed by atoms with Crippen molar-refractivity contribution >= 4 is 38.7 Å². The first-order chi connectivity index (χ1) is 26.0. The van der Waals surface area contributed by atoms with E-state index >= 15 is 0 Å². The van der Waals surface area contributed by atoms with Crippen molar-refractivity contribution in [3.05, 3.63) is 120 Å². The van der Waals surface area contributed by atoms with E-state index in [0.29, 0.717) is 33.7 Å². The number of benzene rings is 3. The zero-order valence-corrected chi connectivity index (χ0v) is 32.0. The third-order valence-electron chi connectivity index (χ3n) is 9.65. The zero-order valence-electron chi connectivity index (χ0n) is 34.6. The van der Waals surface area contributed by atoms with Crippen LogP contribution in [0.4, 0.5) is 0 Å². The van der Waals surface area contributed by atoms with Crippen LogP contribution in [0.5, 0.6) is 0 Å². The van der Waals surface area contributed by atoms with Crippen LogP contribution < -0.4 is 0 Å². The predicted octanol–water partition coefficient (Wildman–Crippen LogP) is 11.6. The molecule has 1 saturated carbocycles. The number of pyridine rings is 2. The first-order valence-corrected chi connectivity index (χ1v) is 17.5. The van der Waals surface area contributed by atoms with Crippen LogP contribution in [0.15, 0.2) is 95.6 Å². The van der Waals surface area contributed by atoms with Crippen LogP contribution in [-0.2, 0) is 32.0 Å². The molecule has 51 heavy (non-hydrogen) atoms. The Kier molecular flexibility index (Phi) is 7.81. The summed E-state index contributed by atoms with van der Waals surface area (Å²) in [6.07, 6.45) is 7.89. The third-order valence-corrected chi connectivity index (χ3v) is 9.65. The van der Waals surface area contributed by atoms with Crippen LogP contribution in [0.1, 0.15) is 84.0 Å². The van der Waals surface area contributed by atoms with Crippen LogP contribution in [0, 0.1) is 30.3 Å². The van der Waals surface area contributed by atoms with Gasteiger partial charge in [0.25, 0.3) is 0 Å². The molecule has 3 aromatic carbocycles. The zero-order chi connectivity index (χ0) is 38.9. The summed E-state index contributed by atoms with van der Waals surface area (Å²) < 4.78 is 48.2. The Bertz CT molecular complexity index is 2590. The molecule has 0 atom stereocenters. The molecular formula is C45H44IrN4O-2. The molecule has 0 unspecified atom stereocenters. The summed E-state index contributed by atoms with van der Waals surface area (Å²) in [5.74, 6) is 1.73. The number of nitrogens with zero attached hydrogens (tertiary/aromatic N) is 4. The van der Waals surface area contributed by atoms with Gasteiger partial charge in [0.15, 0.2) is 0 Å². The number of rotatable bonds is 4. The Morgan fingerprint density at radius 1 is 0.961 bits per heavy atom. The van der Waals surface area contributed by atoms with Gasteiger partial charge in [0.2, 0.25) is 5.71 Å². The van der Waals surface area contributed by atoms with Crippen molar-refractivity contribution in [1.29, 1.82) is 0 Å². The fourth-order valence-corrected chi connectivity index (χ4v) is 7.62. The van der Waals surface area contributed by atoms with E-state index in [1.54, 1.807) is 36.0 Å². The third kappa shape index (κ3) is 6.72. The summed E-state index contributed by atoms with van der Waals surface area (Å²) in [5, 5.41) is 1.48. The molecule has 0 spiro atoms. The summed E-state index contributed by atoms with van der Waals surface area (Å²) in [5.41, 5.74) is 8.03. The van der Waals surface area contributed by atoms with Crippen LogP contribution in [0.3, 0.4) is 0 Å². The van der Waals surface area contributed by atoms with Gasteiger partial charge < -0.3 is 14.0 Å². The topological polar surface area (TPSA) is 56.7 Å². The molecule has 0 saturated heterocycles. The van der Waals surface area contributed by atoms with E-state index in [9.17, 15) is 0 Å². The molecule has 4 aromatic heterocycles. The predicted molar refractivity (Wildman–Crippen MR) is 205 cm³/mol. The number of fused-ring (bicyclic) bond motifs is 3. The standard InChI is InChI=1S/C23H23N2.C22H21N2O.Ir/c1-23(2)15-19(16-9-6-7-10-16)18-13-8-14-20-21(18)25(23)22(24-20)17-11-4-3-5-12-17;1-14-8-9-17-16-6-5-7-18(20(16)25-21(17)24-14)19-12-15(10-11-23-19)13-22(2,3)4;/h3-5,8,11,13-16H,6-7,9-10H2,1-2H3;5-6,8-12H,13H2,1-4H3;/q2*-1;/i;1D3,13D2;. The molecule has 0 bridgehead atoms. The van der Waals surface area contributed by atoms with Crippen molar-refractivity contribution in [3.8, 4) is 22.6 Å². The largest absolute Gasteiger partial charge is 0.486 e. The van der Waals surface area contributed by atoms with Gasteiger partial charge in [-0.25, -0.2) is 4.98 Å². The summed E-state index contributed by atoms with van der Waals surface area (Å²) in [6, 6.07) is 31.4. The molecule has 1 fully saturated rings. The Labute approximate surface area is 321 Å². The number of hydrogen-bond acceptors (Lipinski definition) is 4. The Hall–Kier alpha value is -4.38. The maximum Gasteiger partial charge on any atom is 0.216 e. The van der Waals surface area contributed by atoms with Crippen molar-refractivity contribution in [1.82, 2.24) is 19.5 Å². The molecular weight excluding hydrogens is 805 g/mol. The molecule has 5 nitrogen and oxygen atoms in total. The molecule has 7 aromatic rings. The van der Waals surface area contributed by atoms with Gasteiger partial charge in [-0.3, -0.25) is 4.98 Å². The van der Waals surface area contributed by atoms with Crippen molar-refractivity contribution in [2.45, 2.75) is 79.1 Å². The second-order valence-electron chi connectivity index (χ2n) is 15.0. The second-order valence-corrected chi connectivity index (χ2v) is 15.0. The van der Waals surface area contributed by atoms with Gasteiger partial charge in [-0.15, -0.1) is 54.1 Å². The molecule has 1 radical (unpaired) electrons. The van der Waals surface area contributed by atoms with Crippen LogP contribution >= 0.6 is 0 Å². The number of hydrogen-bond donors (Lipinski definition) is 0. The molecule has 6 heteroatoms. The van der Waals surface area contributed by atoms with E-state index in [0.717, 1.165) is 22.3 Å². The SMILES string of the molecule is CC1(C)C=C(C2CCCC2)c2cccc3nc(-c4[c-]cccc4)n1c23.[2H]C([2H])([2H])c1ccc2c(n1)oc1c(-c3cc(C([2H])([2H])C(C)(C)C)ccn3)[c-]ccc12.[Ir]. The summed E-state index contributed by atoms with van der Waals surface area (Å²) in [4.78, 5) is 13.6. The van der Waals surface area contributed by atoms with Gasteiger partial charge in [-0.2, -0.15) is 0 Å². The molecule has 1 aliphatic heterocycles. The molecule has 261 valence electrons. The first-order valence-electron chi connectivity index (χ1n) is 20.0. The summed E-state index contributed by atoms with van der Waals surface area (Å²) >= 11 is 0. The minimum Gasteiger partial charge on any atom is -0.486 e. The normalized spacial score (nSPS) is 17.4. The molecule has 9 rings (SSSR count). The van der Waals surface area contributed by atoms with Crippen LogP contribution in [0.25, 0.3) is 61.3 Å². The fraction of sp³-hybridized carbons (Fsp3) is 0.311. The first kappa shape index (κ1) is 29.2. The van der Waals surface area contributed by atoms with E-state index < -0.39 is 18.6 Å². The maximum atomic E-state index is 8.55. The Balaban J connectivity index is 0.000000171. The maximum absolute atomic E-state index is 8.55. The summed E-state index contributed by atoms with van der Waals surface area (Å²) in [7, 11) is 0. The van der Waals surface area contributed by atoms with Crippen molar-refractivity contribution in [2.24, 2.45) is 11.3 Å². The monoisotopic (exact) mass is 854 g/mol. The van der Waals surface area contributed by atoms with Crippen LogP contribution in [0.2, 0.25) is 0 Å². The van der Waals surface area contributed by atoms with Gasteiger partial charge in [0.1, 0.15) is 0 Å². The van der Waals surface area contributed by atoms with E-state index in [4.69, 9.17) is 16.3 Å². The minimum atomic E-state index is -2.32. The average Bonchev–Trinajstić information content (AvgIpc) is 3.91. The van der Waals surface area contributed by atoms with Crippen molar-refractivity contribution in [3.63, 3.8) is 0 Å². The van der Waals surface area contributed by atoms with Crippen molar-refractivity contribution < 1.29 is 31.4 Å². The smallest absolute Gasteiger partial charge is 0.216 e. The van der Waals surface area contributed by atoms with E-state index in [1.807, 2.05) is 39.0 Å².